The molecule has 2 heterocycles. The molecule has 1 N–H and O–H groups in total. The fourth-order valence-electron chi connectivity index (χ4n) is 1.51. The number of carbonyl (C=O) groups excluding carboxylic acids is 1. The van der Waals surface area contributed by atoms with Gasteiger partial charge in [0.25, 0.3) is 0 Å². The first-order valence-electron chi connectivity index (χ1n) is 6.66. The molecule has 0 aliphatic rings. The fraction of sp³-hybridized carbons (Fsp3) is 0.385. The van der Waals surface area contributed by atoms with E-state index in [0.29, 0.717) is 22.2 Å². The standard InChI is InChI=1S/C13H15ClN4O4/c1-2-3-6-21-11(19)8-22-13-16-12(18(20)17-13)10-5-4-9(14)7-15-10/h4-5,7,20H,2-3,6,8H2,1H3. The van der Waals surface area contributed by atoms with Crippen LogP contribution in [0.3, 0.4) is 0 Å². The van der Waals surface area contributed by atoms with E-state index in [1.807, 2.05) is 6.92 Å². The van der Waals surface area contributed by atoms with E-state index >= 15 is 0 Å². The van der Waals surface area contributed by atoms with E-state index < -0.39 is 5.97 Å². The molecule has 0 saturated carbocycles. The third kappa shape index (κ3) is 4.32. The Hall–Kier alpha value is -2.35. The number of hydrogen-bond acceptors (Lipinski definition) is 7. The Morgan fingerprint density at radius 1 is 1.45 bits per heavy atom. The molecular formula is C13H15ClN4O4. The maximum Gasteiger partial charge on any atom is 0.344 e. The number of unbranched alkanes of at least 4 members (excludes halogenated alkanes) is 1. The number of ether oxygens (including phenoxy) is 2. The van der Waals surface area contributed by atoms with Crippen molar-refractivity contribution in [2.45, 2.75) is 19.8 Å². The van der Waals surface area contributed by atoms with Crippen LogP contribution in [-0.4, -0.2) is 44.3 Å². The van der Waals surface area contributed by atoms with Gasteiger partial charge >= 0.3 is 12.0 Å². The molecule has 0 aliphatic carbocycles. The Morgan fingerprint density at radius 2 is 2.27 bits per heavy atom. The average Bonchev–Trinajstić information content (AvgIpc) is 2.87. The zero-order valence-electron chi connectivity index (χ0n) is 11.9. The van der Waals surface area contributed by atoms with E-state index in [9.17, 15) is 10.0 Å². The number of carbonyl (C=O) groups is 1. The molecule has 0 aliphatic heterocycles. The van der Waals surface area contributed by atoms with E-state index in [4.69, 9.17) is 21.1 Å². The van der Waals surface area contributed by atoms with Gasteiger partial charge in [-0.15, -0.1) is 0 Å². The monoisotopic (exact) mass is 326 g/mol. The average molecular weight is 327 g/mol. The molecule has 0 bridgehead atoms. The van der Waals surface area contributed by atoms with Crippen LogP contribution in [0.2, 0.25) is 5.02 Å². The molecule has 0 aromatic carbocycles. The minimum absolute atomic E-state index is 0.0750. The lowest BCUT2D eigenvalue weighted by Gasteiger charge is -2.03. The van der Waals surface area contributed by atoms with Crippen molar-refractivity contribution in [1.82, 2.24) is 19.9 Å². The Bertz CT molecular complexity index is 629. The van der Waals surface area contributed by atoms with Crippen LogP contribution in [0.1, 0.15) is 19.8 Å². The second-order valence-electron chi connectivity index (χ2n) is 4.33. The first-order valence-corrected chi connectivity index (χ1v) is 7.04. The van der Waals surface area contributed by atoms with Crippen molar-refractivity contribution in [2.75, 3.05) is 13.2 Å². The molecule has 0 atom stereocenters. The molecular weight excluding hydrogens is 312 g/mol. The Balaban J connectivity index is 1.95. The number of aromatic nitrogens is 4. The Morgan fingerprint density at radius 3 is 2.95 bits per heavy atom. The van der Waals surface area contributed by atoms with Gasteiger partial charge in [-0.05, 0) is 18.6 Å². The predicted octanol–water partition coefficient (Wildman–Crippen LogP) is 1.95. The lowest BCUT2D eigenvalue weighted by atomic mass is 10.3. The van der Waals surface area contributed by atoms with Crippen LogP contribution < -0.4 is 4.74 Å². The highest BCUT2D eigenvalue weighted by molar-refractivity contribution is 6.30. The van der Waals surface area contributed by atoms with E-state index in [0.717, 1.165) is 12.8 Å². The lowest BCUT2D eigenvalue weighted by molar-refractivity contribution is -0.146. The Kier molecular flexibility index (Phi) is 5.54. The zero-order chi connectivity index (χ0) is 15.9. The highest BCUT2D eigenvalue weighted by Crippen LogP contribution is 2.18. The quantitative estimate of drug-likeness (QED) is 0.471. The molecule has 2 aromatic rings. The van der Waals surface area contributed by atoms with Crippen LogP contribution in [0.15, 0.2) is 18.3 Å². The summed E-state index contributed by atoms with van der Waals surface area (Å²) in [7, 11) is 0. The summed E-state index contributed by atoms with van der Waals surface area (Å²) in [6, 6.07) is 3.02. The maximum atomic E-state index is 11.4. The van der Waals surface area contributed by atoms with Gasteiger partial charge in [-0.25, -0.2) is 4.79 Å². The maximum absolute atomic E-state index is 11.4. The summed E-state index contributed by atoms with van der Waals surface area (Å²) in [6.07, 6.45) is 3.14. The van der Waals surface area contributed by atoms with Gasteiger partial charge in [-0.2, -0.15) is 4.98 Å². The number of hydrogen-bond donors (Lipinski definition) is 1. The summed E-state index contributed by atoms with van der Waals surface area (Å²) in [5, 5.41) is 13.8. The van der Waals surface area contributed by atoms with E-state index in [-0.39, 0.29) is 18.4 Å². The van der Waals surface area contributed by atoms with E-state index in [2.05, 4.69) is 15.1 Å². The van der Waals surface area contributed by atoms with Gasteiger partial charge in [-0.1, -0.05) is 34.9 Å². The molecule has 8 nitrogen and oxygen atoms in total. The van der Waals surface area contributed by atoms with Crippen LogP contribution in [0, 0.1) is 0 Å². The predicted molar refractivity (Wildman–Crippen MR) is 76.8 cm³/mol. The lowest BCUT2D eigenvalue weighted by Crippen LogP contribution is -2.16. The summed E-state index contributed by atoms with van der Waals surface area (Å²) in [5.74, 6) is -0.445. The largest absolute Gasteiger partial charge is 0.463 e. The first kappa shape index (κ1) is 16.0. The van der Waals surface area contributed by atoms with Crippen LogP contribution in [-0.2, 0) is 9.53 Å². The van der Waals surface area contributed by atoms with Gasteiger partial charge in [0.1, 0.15) is 5.69 Å². The first-order chi connectivity index (χ1) is 10.6. The van der Waals surface area contributed by atoms with Crippen molar-refractivity contribution in [2.24, 2.45) is 0 Å². The molecule has 2 rings (SSSR count). The van der Waals surface area contributed by atoms with Gasteiger partial charge in [-0.3, -0.25) is 4.98 Å². The molecule has 0 fully saturated rings. The number of halogens is 1. The highest BCUT2D eigenvalue weighted by Gasteiger charge is 2.15. The molecule has 0 unspecified atom stereocenters. The van der Waals surface area contributed by atoms with Crippen molar-refractivity contribution in [3.8, 4) is 17.5 Å². The van der Waals surface area contributed by atoms with Gasteiger partial charge in [0.05, 0.1) is 11.6 Å². The van der Waals surface area contributed by atoms with Crippen molar-refractivity contribution >= 4 is 17.6 Å². The smallest absolute Gasteiger partial charge is 0.344 e. The normalized spacial score (nSPS) is 10.5. The Labute approximate surface area is 131 Å². The molecule has 9 heteroatoms. The zero-order valence-corrected chi connectivity index (χ0v) is 12.7. The summed E-state index contributed by atoms with van der Waals surface area (Å²) in [5.41, 5.74) is 0.361. The fourth-order valence-corrected chi connectivity index (χ4v) is 1.62. The topological polar surface area (TPSA) is 99.4 Å². The number of pyridine rings is 1. The SMILES string of the molecule is CCCCOC(=O)COc1nc(-c2ccc(Cl)cn2)n(O)n1. The number of esters is 1. The summed E-state index contributed by atoms with van der Waals surface area (Å²) < 4.78 is 10.00. The summed E-state index contributed by atoms with van der Waals surface area (Å²) >= 11 is 5.74. The summed E-state index contributed by atoms with van der Waals surface area (Å²) in [6.45, 7) is 2.01. The molecule has 0 amide bonds. The van der Waals surface area contributed by atoms with Crippen molar-refractivity contribution in [1.29, 1.82) is 0 Å². The van der Waals surface area contributed by atoms with Crippen LogP contribution in [0.25, 0.3) is 11.5 Å². The number of rotatable bonds is 7. The van der Waals surface area contributed by atoms with Crippen molar-refractivity contribution < 1.29 is 19.5 Å². The third-order valence-corrected chi connectivity index (χ3v) is 2.83. The van der Waals surface area contributed by atoms with E-state index in [1.54, 1.807) is 12.1 Å². The van der Waals surface area contributed by atoms with Gasteiger partial charge in [0.2, 0.25) is 5.82 Å². The number of nitrogens with zero attached hydrogens (tertiary/aromatic N) is 4. The molecule has 2 aromatic heterocycles. The molecule has 118 valence electrons. The molecule has 0 radical (unpaired) electrons. The summed E-state index contributed by atoms with van der Waals surface area (Å²) in [4.78, 5) is 19.9. The second-order valence-corrected chi connectivity index (χ2v) is 4.77. The van der Waals surface area contributed by atoms with Crippen LogP contribution in [0.5, 0.6) is 6.01 Å². The molecule has 0 saturated heterocycles. The molecule has 22 heavy (non-hydrogen) atoms. The van der Waals surface area contributed by atoms with Gasteiger partial charge in [0.15, 0.2) is 6.61 Å². The molecule has 0 spiro atoms. The third-order valence-electron chi connectivity index (χ3n) is 2.61. The van der Waals surface area contributed by atoms with Gasteiger partial charge in [0, 0.05) is 6.20 Å². The van der Waals surface area contributed by atoms with Gasteiger partial charge < -0.3 is 14.7 Å². The van der Waals surface area contributed by atoms with Crippen molar-refractivity contribution in [3.05, 3.63) is 23.4 Å². The van der Waals surface area contributed by atoms with E-state index in [1.165, 1.54) is 6.20 Å². The van der Waals surface area contributed by atoms with Crippen molar-refractivity contribution in [3.63, 3.8) is 0 Å². The second kappa shape index (κ2) is 7.60. The minimum atomic E-state index is -0.520. The van der Waals surface area contributed by atoms with Crippen LogP contribution >= 0.6 is 11.6 Å². The van der Waals surface area contributed by atoms with Crippen LogP contribution in [0.4, 0.5) is 0 Å². The highest BCUT2D eigenvalue weighted by atomic mass is 35.5. The minimum Gasteiger partial charge on any atom is -0.463 e.